The largest absolute Gasteiger partial charge is 0.496 e. The van der Waals surface area contributed by atoms with Gasteiger partial charge < -0.3 is 20.3 Å². The van der Waals surface area contributed by atoms with Crippen LogP contribution in [0.25, 0.3) is 0 Å². The van der Waals surface area contributed by atoms with Crippen molar-refractivity contribution in [1.82, 2.24) is 15.5 Å². The molecule has 0 saturated heterocycles. The average molecular weight is 462 g/mol. The van der Waals surface area contributed by atoms with Gasteiger partial charge in [0, 0.05) is 26.7 Å². The molecular formula is C19H35IN4O. The molecule has 0 radical (unpaired) electrons. The summed E-state index contributed by atoms with van der Waals surface area (Å²) in [6.07, 6.45) is 0.929. The van der Waals surface area contributed by atoms with Crippen LogP contribution in [-0.2, 0) is 6.42 Å². The topological polar surface area (TPSA) is 48.9 Å². The first-order valence-electron chi connectivity index (χ1n) is 8.50. The summed E-state index contributed by atoms with van der Waals surface area (Å²) in [5.74, 6) is 1.79. The van der Waals surface area contributed by atoms with E-state index in [1.54, 1.807) is 7.11 Å². The molecule has 0 aliphatic carbocycles. The molecule has 0 atom stereocenters. The first-order chi connectivity index (χ1) is 11.3. The van der Waals surface area contributed by atoms with Gasteiger partial charge in [-0.05, 0) is 50.0 Å². The Morgan fingerprint density at radius 1 is 1.24 bits per heavy atom. The molecule has 0 fully saturated rings. The number of hydrogen-bond donors (Lipinski definition) is 2. The van der Waals surface area contributed by atoms with Crippen molar-refractivity contribution in [2.24, 2.45) is 10.4 Å². The quantitative estimate of drug-likeness (QED) is 0.355. The van der Waals surface area contributed by atoms with Crippen LogP contribution in [0.3, 0.4) is 0 Å². The van der Waals surface area contributed by atoms with E-state index in [1.807, 2.05) is 7.05 Å². The number of aryl methyl sites for hydroxylation is 1. The standard InChI is InChI=1S/C19H34N4O.HI/c1-15-8-9-16(12-17(15)24-7)10-11-21-18(20-4)22-13-19(2,3)14-23(5)6;/h8-9,12H,10-11,13-14H2,1-7H3,(H2,20,21,22);1H. The maximum Gasteiger partial charge on any atom is 0.191 e. The molecule has 2 N–H and O–H groups in total. The molecule has 144 valence electrons. The van der Waals surface area contributed by atoms with Crippen LogP contribution >= 0.6 is 24.0 Å². The Morgan fingerprint density at radius 2 is 1.92 bits per heavy atom. The average Bonchev–Trinajstić information content (AvgIpc) is 2.50. The fourth-order valence-electron chi connectivity index (χ4n) is 2.80. The molecular weight excluding hydrogens is 427 g/mol. The van der Waals surface area contributed by atoms with E-state index >= 15 is 0 Å². The second-order valence-electron chi connectivity index (χ2n) is 7.31. The number of nitrogens with one attached hydrogen (secondary N) is 2. The van der Waals surface area contributed by atoms with E-state index in [0.29, 0.717) is 0 Å². The summed E-state index contributed by atoms with van der Waals surface area (Å²) >= 11 is 0. The number of hydrogen-bond acceptors (Lipinski definition) is 3. The van der Waals surface area contributed by atoms with E-state index in [2.05, 4.69) is 73.6 Å². The molecule has 0 saturated carbocycles. The van der Waals surface area contributed by atoms with Crippen LogP contribution in [0.5, 0.6) is 5.75 Å². The maximum atomic E-state index is 5.38. The summed E-state index contributed by atoms with van der Waals surface area (Å²) in [6.45, 7) is 9.31. The lowest BCUT2D eigenvalue weighted by Crippen LogP contribution is -2.45. The van der Waals surface area contributed by atoms with Crippen LogP contribution in [0.15, 0.2) is 23.2 Å². The number of aliphatic imine (C=N–C) groups is 1. The van der Waals surface area contributed by atoms with Gasteiger partial charge in [0.05, 0.1) is 7.11 Å². The highest BCUT2D eigenvalue weighted by atomic mass is 127. The number of halogens is 1. The highest BCUT2D eigenvalue weighted by Crippen LogP contribution is 2.19. The van der Waals surface area contributed by atoms with Crippen molar-refractivity contribution >= 4 is 29.9 Å². The minimum absolute atomic E-state index is 0. The lowest BCUT2D eigenvalue weighted by atomic mass is 9.93. The van der Waals surface area contributed by atoms with Crippen LogP contribution in [0, 0.1) is 12.3 Å². The SMILES string of the molecule is CN=C(NCCc1ccc(C)c(OC)c1)NCC(C)(C)CN(C)C.I. The van der Waals surface area contributed by atoms with Crippen molar-refractivity contribution in [2.75, 3.05) is 47.9 Å². The van der Waals surface area contributed by atoms with Crippen LogP contribution in [0.4, 0.5) is 0 Å². The molecule has 0 aliphatic heterocycles. The Labute approximate surface area is 170 Å². The second-order valence-corrected chi connectivity index (χ2v) is 7.31. The molecule has 0 amide bonds. The Bertz CT molecular complexity index is 544. The Kier molecular flexibility index (Phi) is 11.1. The van der Waals surface area contributed by atoms with E-state index in [0.717, 1.165) is 43.3 Å². The molecule has 0 aliphatic rings. The number of nitrogens with zero attached hydrogens (tertiary/aromatic N) is 2. The normalized spacial score (nSPS) is 11.9. The van der Waals surface area contributed by atoms with Crippen molar-refractivity contribution in [2.45, 2.75) is 27.2 Å². The molecule has 0 bridgehead atoms. The fraction of sp³-hybridized carbons (Fsp3) is 0.632. The van der Waals surface area contributed by atoms with Gasteiger partial charge in [-0.3, -0.25) is 4.99 Å². The molecule has 5 nitrogen and oxygen atoms in total. The molecule has 6 heteroatoms. The van der Waals surface area contributed by atoms with Gasteiger partial charge in [0.15, 0.2) is 5.96 Å². The molecule has 1 rings (SSSR count). The van der Waals surface area contributed by atoms with Crippen LogP contribution in [-0.4, -0.2) is 58.7 Å². The van der Waals surface area contributed by atoms with E-state index < -0.39 is 0 Å². The lowest BCUT2D eigenvalue weighted by Gasteiger charge is -2.29. The van der Waals surface area contributed by atoms with Gasteiger partial charge in [0.25, 0.3) is 0 Å². The summed E-state index contributed by atoms with van der Waals surface area (Å²) in [5.41, 5.74) is 2.61. The number of ether oxygens (including phenoxy) is 1. The molecule has 0 aromatic heterocycles. The van der Waals surface area contributed by atoms with Crippen molar-refractivity contribution in [3.8, 4) is 5.75 Å². The summed E-state index contributed by atoms with van der Waals surface area (Å²) < 4.78 is 5.38. The van der Waals surface area contributed by atoms with Gasteiger partial charge >= 0.3 is 0 Å². The molecule has 25 heavy (non-hydrogen) atoms. The highest BCUT2D eigenvalue weighted by Gasteiger charge is 2.19. The molecule has 0 heterocycles. The molecule has 0 spiro atoms. The van der Waals surface area contributed by atoms with Crippen molar-refractivity contribution in [3.05, 3.63) is 29.3 Å². The number of methoxy groups -OCH3 is 1. The van der Waals surface area contributed by atoms with Crippen molar-refractivity contribution in [1.29, 1.82) is 0 Å². The Morgan fingerprint density at radius 3 is 2.48 bits per heavy atom. The fourth-order valence-corrected chi connectivity index (χ4v) is 2.80. The van der Waals surface area contributed by atoms with E-state index in [4.69, 9.17) is 4.74 Å². The zero-order valence-corrected chi connectivity index (χ0v) is 19.1. The van der Waals surface area contributed by atoms with E-state index in [9.17, 15) is 0 Å². The molecule has 1 aromatic carbocycles. The van der Waals surface area contributed by atoms with Gasteiger partial charge in [0.1, 0.15) is 5.75 Å². The van der Waals surface area contributed by atoms with Crippen molar-refractivity contribution in [3.63, 3.8) is 0 Å². The Balaban J connectivity index is 0.00000576. The van der Waals surface area contributed by atoms with Crippen LogP contribution in [0.2, 0.25) is 0 Å². The first kappa shape index (κ1) is 24.0. The predicted molar refractivity (Wildman–Crippen MR) is 119 cm³/mol. The van der Waals surface area contributed by atoms with E-state index in [-0.39, 0.29) is 29.4 Å². The summed E-state index contributed by atoms with van der Waals surface area (Å²) in [7, 11) is 7.73. The third-order valence-corrected chi connectivity index (χ3v) is 3.88. The minimum atomic E-state index is 0. The van der Waals surface area contributed by atoms with Gasteiger partial charge in [0.2, 0.25) is 0 Å². The first-order valence-corrected chi connectivity index (χ1v) is 8.50. The van der Waals surface area contributed by atoms with Crippen LogP contribution in [0.1, 0.15) is 25.0 Å². The number of guanidine groups is 1. The summed E-state index contributed by atoms with van der Waals surface area (Å²) in [5, 5.41) is 6.80. The lowest BCUT2D eigenvalue weighted by molar-refractivity contribution is 0.241. The van der Waals surface area contributed by atoms with Gasteiger partial charge in [-0.1, -0.05) is 26.0 Å². The number of benzene rings is 1. The predicted octanol–water partition coefficient (Wildman–Crippen LogP) is 2.92. The van der Waals surface area contributed by atoms with Gasteiger partial charge in [-0.2, -0.15) is 0 Å². The maximum absolute atomic E-state index is 5.38. The smallest absolute Gasteiger partial charge is 0.191 e. The van der Waals surface area contributed by atoms with Gasteiger partial charge in [-0.15, -0.1) is 24.0 Å². The zero-order chi connectivity index (χ0) is 18.2. The number of rotatable bonds is 8. The monoisotopic (exact) mass is 462 g/mol. The summed E-state index contributed by atoms with van der Waals surface area (Å²) in [6, 6.07) is 6.36. The third-order valence-electron chi connectivity index (χ3n) is 3.88. The molecule has 0 unspecified atom stereocenters. The van der Waals surface area contributed by atoms with Crippen LogP contribution < -0.4 is 15.4 Å². The third kappa shape index (κ3) is 9.30. The minimum Gasteiger partial charge on any atom is -0.496 e. The van der Waals surface area contributed by atoms with Gasteiger partial charge in [-0.25, -0.2) is 0 Å². The van der Waals surface area contributed by atoms with E-state index in [1.165, 1.54) is 5.56 Å². The van der Waals surface area contributed by atoms with Crippen molar-refractivity contribution < 1.29 is 4.74 Å². The second kappa shape index (κ2) is 11.6. The highest BCUT2D eigenvalue weighted by molar-refractivity contribution is 14.0. The Hall–Kier alpha value is -1.02. The summed E-state index contributed by atoms with van der Waals surface area (Å²) in [4.78, 5) is 6.52. The zero-order valence-electron chi connectivity index (χ0n) is 16.8. The molecule has 1 aromatic rings.